The number of amides is 2. The van der Waals surface area contributed by atoms with Gasteiger partial charge in [0.05, 0.1) is 11.3 Å². The van der Waals surface area contributed by atoms with Crippen molar-refractivity contribution in [3.63, 3.8) is 0 Å². The van der Waals surface area contributed by atoms with E-state index in [1.54, 1.807) is 12.1 Å². The van der Waals surface area contributed by atoms with E-state index in [1.165, 1.54) is 12.1 Å². The van der Waals surface area contributed by atoms with Crippen LogP contribution in [0.2, 0.25) is 0 Å². The molecule has 166 valence electrons. The Morgan fingerprint density at radius 3 is 2.06 bits per heavy atom. The van der Waals surface area contributed by atoms with Gasteiger partial charge in [-0.2, -0.15) is 0 Å². The number of benzene rings is 3. The van der Waals surface area contributed by atoms with E-state index in [0.717, 1.165) is 22.3 Å². The van der Waals surface area contributed by atoms with Crippen molar-refractivity contribution in [2.75, 3.05) is 11.9 Å². The number of anilines is 1. The first-order valence-electron chi connectivity index (χ1n) is 10.8. The van der Waals surface area contributed by atoms with E-state index in [1.807, 2.05) is 36.4 Å². The number of carboxylic acid groups (broad SMARTS) is 1. The summed E-state index contributed by atoms with van der Waals surface area (Å²) in [6.45, 7) is 0.152. The third-order valence-corrected chi connectivity index (χ3v) is 6.28. The largest absolute Gasteiger partial charge is 0.478 e. The lowest BCUT2D eigenvalue weighted by Gasteiger charge is -2.19. The van der Waals surface area contributed by atoms with Crippen LogP contribution >= 0.6 is 0 Å². The Morgan fingerprint density at radius 1 is 0.879 bits per heavy atom. The van der Waals surface area contributed by atoms with Gasteiger partial charge in [0.2, 0.25) is 5.91 Å². The fourth-order valence-corrected chi connectivity index (χ4v) is 4.38. The summed E-state index contributed by atoms with van der Waals surface area (Å²) in [7, 11) is 0. The van der Waals surface area contributed by atoms with Gasteiger partial charge in [-0.3, -0.25) is 4.79 Å². The number of alkyl carbamates (subject to hydrolysis) is 1. The van der Waals surface area contributed by atoms with Crippen LogP contribution in [0.5, 0.6) is 0 Å². The number of carboxylic acids is 1. The Bertz CT molecular complexity index is 1220. The normalized spacial score (nSPS) is 15.2. The summed E-state index contributed by atoms with van der Waals surface area (Å²) in [6.07, 6.45) is 0.243. The van der Waals surface area contributed by atoms with Crippen LogP contribution in [-0.2, 0) is 9.53 Å². The van der Waals surface area contributed by atoms with Gasteiger partial charge >= 0.3 is 12.1 Å². The van der Waals surface area contributed by atoms with E-state index in [-0.39, 0.29) is 23.8 Å². The first-order valence-corrected chi connectivity index (χ1v) is 10.8. The lowest BCUT2D eigenvalue weighted by atomic mass is 9.98. The number of nitrogens with one attached hydrogen (secondary N) is 2. The molecular formula is C26H22N2O5. The second-order valence-electron chi connectivity index (χ2n) is 8.34. The zero-order chi connectivity index (χ0) is 23.0. The summed E-state index contributed by atoms with van der Waals surface area (Å²) in [5, 5.41) is 14.6. The van der Waals surface area contributed by atoms with Crippen molar-refractivity contribution in [2.24, 2.45) is 0 Å². The fourth-order valence-electron chi connectivity index (χ4n) is 4.38. The predicted octanol–water partition coefficient (Wildman–Crippen LogP) is 4.39. The molecule has 3 aromatic carbocycles. The lowest BCUT2D eigenvalue weighted by molar-refractivity contribution is -0.119. The maximum absolute atomic E-state index is 12.8. The molecule has 2 amide bonds. The second-order valence-corrected chi connectivity index (χ2v) is 8.34. The monoisotopic (exact) mass is 442 g/mol. The number of fused-ring (bicyclic) bond motifs is 3. The van der Waals surface area contributed by atoms with Gasteiger partial charge in [0.25, 0.3) is 0 Å². The molecule has 1 fully saturated rings. The zero-order valence-electron chi connectivity index (χ0n) is 17.7. The first kappa shape index (κ1) is 20.8. The van der Waals surface area contributed by atoms with Crippen LogP contribution in [-0.4, -0.2) is 35.2 Å². The van der Waals surface area contributed by atoms with Gasteiger partial charge in [-0.25, -0.2) is 9.59 Å². The lowest BCUT2D eigenvalue weighted by Crippen LogP contribution is -2.46. The molecule has 0 aromatic heterocycles. The molecule has 3 aromatic rings. The van der Waals surface area contributed by atoms with Crippen molar-refractivity contribution in [3.8, 4) is 11.1 Å². The smallest absolute Gasteiger partial charge is 0.408 e. The van der Waals surface area contributed by atoms with Gasteiger partial charge in [-0.1, -0.05) is 60.7 Å². The van der Waals surface area contributed by atoms with Crippen molar-refractivity contribution in [1.29, 1.82) is 0 Å². The quantitative estimate of drug-likeness (QED) is 0.525. The minimum Gasteiger partial charge on any atom is -0.478 e. The Morgan fingerprint density at radius 2 is 1.45 bits per heavy atom. The van der Waals surface area contributed by atoms with Crippen LogP contribution in [0.4, 0.5) is 10.5 Å². The SMILES string of the molecule is O=C(NC1(C(=O)Nc2ccccc2C(=O)O)CC1)OCC1c2ccccc2-c2ccccc21. The third-order valence-electron chi connectivity index (χ3n) is 6.28. The number of aromatic carboxylic acids is 1. The van der Waals surface area contributed by atoms with E-state index in [2.05, 4.69) is 22.8 Å². The van der Waals surface area contributed by atoms with Crippen molar-refractivity contribution in [1.82, 2.24) is 5.32 Å². The Kier molecular flexibility index (Phi) is 5.09. The summed E-state index contributed by atoms with van der Waals surface area (Å²) in [6, 6.07) is 22.3. The minimum absolute atomic E-state index is 0.0113. The number of para-hydroxylation sites is 1. The number of rotatable bonds is 6. The first-order chi connectivity index (χ1) is 16.0. The van der Waals surface area contributed by atoms with E-state index in [9.17, 15) is 19.5 Å². The van der Waals surface area contributed by atoms with Gasteiger partial charge in [-0.15, -0.1) is 0 Å². The highest BCUT2D eigenvalue weighted by Crippen LogP contribution is 2.44. The van der Waals surface area contributed by atoms with Crippen LogP contribution in [0.3, 0.4) is 0 Å². The molecule has 1 saturated carbocycles. The molecular weight excluding hydrogens is 420 g/mol. The summed E-state index contributed by atoms with van der Waals surface area (Å²) in [4.78, 5) is 36.8. The molecule has 0 saturated heterocycles. The van der Waals surface area contributed by atoms with Gasteiger partial charge in [0.15, 0.2) is 0 Å². The van der Waals surface area contributed by atoms with Gasteiger partial charge < -0.3 is 20.5 Å². The Labute approximate surface area is 190 Å². The molecule has 2 aliphatic rings. The standard InChI is InChI=1S/C26H22N2O5/c29-23(30)20-11-5-6-12-22(20)27-24(31)26(13-14-26)28-25(32)33-15-21-18-9-3-1-7-16(18)17-8-2-4-10-19(17)21/h1-12,21H,13-15H2,(H,27,31)(H,28,32)(H,29,30). The summed E-state index contributed by atoms with van der Waals surface area (Å²) in [5.41, 5.74) is 3.58. The van der Waals surface area contributed by atoms with E-state index in [0.29, 0.717) is 12.8 Å². The molecule has 0 aliphatic heterocycles. The minimum atomic E-state index is -1.14. The van der Waals surface area contributed by atoms with Crippen LogP contribution in [0.1, 0.15) is 40.2 Å². The average Bonchev–Trinajstić information content (AvgIpc) is 3.53. The van der Waals surface area contributed by atoms with E-state index < -0.39 is 23.5 Å². The van der Waals surface area contributed by atoms with Crippen LogP contribution < -0.4 is 10.6 Å². The fraction of sp³-hybridized carbons (Fsp3) is 0.192. The number of hydrogen-bond acceptors (Lipinski definition) is 4. The van der Waals surface area contributed by atoms with Gasteiger partial charge in [-0.05, 0) is 47.2 Å². The zero-order valence-corrected chi connectivity index (χ0v) is 17.7. The number of carbonyl (C=O) groups excluding carboxylic acids is 2. The molecule has 5 rings (SSSR count). The molecule has 0 unspecified atom stereocenters. The van der Waals surface area contributed by atoms with Crippen molar-refractivity contribution < 1.29 is 24.2 Å². The van der Waals surface area contributed by atoms with Crippen molar-refractivity contribution >= 4 is 23.7 Å². The summed E-state index contributed by atoms with van der Waals surface area (Å²) < 4.78 is 5.55. The highest BCUT2D eigenvalue weighted by Gasteiger charge is 2.52. The highest BCUT2D eigenvalue weighted by molar-refractivity contribution is 6.06. The molecule has 0 bridgehead atoms. The molecule has 0 spiro atoms. The maximum atomic E-state index is 12.8. The van der Waals surface area contributed by atoms with Crippen molar-refractivity contribution in [3.05, 3.63) is 89.5 Å². The van der Waals surface area contributed by atoms with Gasteiger partial charge in [0.1, 0.15) is 12.1 Å². The predicted molar refractivity (Wildman–Crippen MR) is 122 cm³/mol. The van der Waals surface area contributed by atoms with E-state index in [4.69, 9.17) is 4.74 Å². The Balaban J connectivity index is 1.25. The molecule has 7 nitrogen and oxygen atoms in total. The molecule has 3 N–H and O–H groups in total. The van der Waals surface area contributed by atoms with E-state index >= 15 is 0 Å². The van der Waals surface area contributed by atoms with Crippen LogP contribution in [0.15, 0.2) is 72.8 Å². The van der Waals surface area contributed by atoms with Gasteiger partial charge in [0, 0.05) is 5.92 Å². The molecule has 0 atom stereocenters. The summed E-state index contributed by atoms with van der Waals surface area (Å²) >= 11 is 0. The molecule has 2 aliphatic carbocycles. The topological polar surface area (TPSA) is 105 Å². The van der Waals surface area contributed by atoms with Crippen LogP contribution in [0.25, 0.3) is 11.1 Å². The highest BCUT2D eigenvalue weighted by atomic mass is 16.5. The molecule has 0 radical (unpaired) electrons. The Hall–Kier alpha value is -4.13. The number of hydrogen-bond donors (Lipinski definition) is 3. The number of ether oxygens (including phenoxy) is 1. The number of carbonyl (C=O) groups is 3. The maximum Gasteiger partial charge on any atom is 0.408 e. The third kappa shape index (κ3) is 3.82. The van der Waals surface area contributed by atoms with Crippen molar-refractivity contribution in [2.45, 2.75) is 24.3 Å². The van der Waals surface area contributed by atoms with Crippen LogP contribution in [0, 0.1) is 0 Å². The average molecular weight is 442 g/mol. The molecule has 0 heterocycles. The summed E-state index contributed by atoms with van der Waals surface area (Å²) in [5.74, 6) is -1.67. The second kappa shape index (κ2) is 8.09. The molecule has 7 heteroatoms. The molecule has 33 heavy (non-hydrogen) atoms.